The number of aromatic nitrogens is 1. The Morgan fingerprint density at radius 3 is 3.00 bits per heavy atom. The number of aliphatic imine (C=N–C) groups is 1. The fourth-order valence-electron chi connectivity index (χ4n) is 1.35. The van der Waals surface area contributed by atoms with E-state index in [-0.39, 0.29) is 12.5 Å². The molecule has 2 N–H and O–H groups in total. The molecule has 9 heteroatoms. The average molecular weight is 361 g/mol. The van der Waals surface area contributed by atoms with Crippen molar-refractivity contribution in [2.24, 2.45) is 4.99 Å². The molecule has 0 aliphatic rings. The van der Waals surface area contributed by atoms with Crippen LogP contribution in [0, 0.1) is 12.3 Å². The molecule has 0 spiro atoms. The Morgan fingerprint density at radius 2 is 2.36 bits per heavy atom. The fraction of sp³-hybridized carbons (Fsp3) is 0.385. The zero-order valence-electron chi connectivity index (χ0n) is 12.0. The van der Waals surface area contributed by atoms with Gasteiger partial charge in [0.15, 0.2) is 0 Å². The standard InChI is InChI=1S/C13H17ClN4O2S2/c1-3-6-16-13(18-22(2,19)20)17-8-9-21-10-12-11(14)5-4-7-15-12/h1,4-5,7H,6,8-10H2,2H3,(H2,16,17,18). The largest absolute Gasteiger partial charge is 0.345 e. The molecule has 1 aromatic heterocycles. The molecule has 0 saturated heterocycles. The second-order valence-electron chi connectivity index (χ2n) is 4.15. The van der Waals surface area contributed by atoms with Crippen molar-refractivity contribution < 1.29 is 8.42 Å². The van der Waals surface area contributed by atoms with E-state index in [1.165, 1.54) is 0 Å². The van der Waals surface area contributed by atoms with Gasteiger partial charge in [-0.1, -0.05) is 17.5 Å². The molecular formula is C13H17ClN4O2S2. The molecule has 1 aromatic rings. The summed E-state index contributed by atoms with van der Waals surface area (Å²) in [7, 11) is -3.39. The third-order valence-corrected chi connectivity index (χ3v) is 4.08. The van der Waals surface area contributed by atoms with Crippen LogP contribution in [-0.4, -0.2) is 44.5 Å². The number of terminal acetylenes is 1. The van der Waals surface area contributed by atoms with Crippen molar-refractivity contribution in [3.8, 4) is 12.3 Å². The predicted octanol–water partition coefficient (Wildman–Crippen LogP) is 1.10. The lowest BCUT2D eigenvalue weighted by atomic mass is 10.4. The molecule has 0 aromatic carbocycles. The summed E-state index contributed by atoms with van der Waals surface area (Å²) < 4.78 is 24.7. The highest BCUT2D eigenvalue weighted by Gasteiger charge is 2.05. The lowest BCUT2D eigenvalue weighted by Gasteiger charge is -2.08. The predicted molar refractivity (Wildman–Crippen MR) is 92.5 cm³/mol. The fourth-order valence-corrected chi connectivity index (χ4v) is 2.89. The summed E-state index contributed by atoms with van der Waals surface area (Å²) in [6.07, 6.45) is 7.87. The van der Waals surface area contributed by atoms with Crippen molar-refractivity contribution in [2.45, 2.75) is 5.75 Å². The van der Waals surface area contributed by atoms with Crippen LogP contribution in [0.15, 0.2) is 23.3 Å². The van der Waals surface area contributed by atoms with Crippen molar-refractivity contribution >= 4 is 39.3 Å². The Kier molecular flexibility index (Phi) is 8.09. The molecule has 22 heavy (non-hydrogen) atoms. The van der Waals surface area contributed by atoms with Gasteiger partial charge in [0, 0.05) is 17.7 Å². The van der Waals surface area contributed by atoms with E-state index in [1.807, 2.05) is 0 Å². The van der Waals surface area contributed by atoms with Crippen LogP contribution in [0.5, 0.6) is 0 Å². The molecule has 120 valence electrons. The molecule has 0 aliphatic heterocycles. The van der Waals surface area contributed by atoms with Gasteiger partial charge in [0.2, 0.25) is 16.0 Å². The van der Waals surface area contributed by atoms with Crippen LogP contribution in [0.4, 0.5) is 0 Å². The van der Waals surface area contributed by atoms with Crippen molar-refractivity contribution in [3.05, 3.63) is 29.0 Å². The molecule has 0 bridgehead atoms. The number of hydrogen-bond acceptors (Lipinski definition) is 5. The molecule has 0 radical (unpaired) electrons. The zero-order chi connectivity index (χ0) is 16.4. The maximum absolute atomic E-state index is 11.2. The maximum atomic E-state index is 11.2. The van der Waals surface area contributed by atoms with Crippen LogP contribution >= 0.6 is 23.4 Å². The topological polar surface area (TPSA) is 83.4 Å². The first-order valence-electron chi connectivity index (χ1n) is 6.29. The summed E-state index contributed by atoms with van der Waals surface area (Å²) in [6.45, 7) is 0.628. The van der Waals surface area contributed by atoms with Crippen LogP contribution < -0.4 is 10.0 Å². The minimum absolute atomic E-state index is 0.150. The van der Waals surface area contributed by atoms with Gasteiger partial charge < -0.3 is 5.32 Å². The minimum atomic E-state index is -3.39. The van der Waals surface area contributed by atoms with Gasteiger partial charge in [-0.15, -0.1) is 6.42 Å². The smallest absolute Gasteiger partial charge is 0.232 e. The lowest BCUT2D eigenvalue weighted by Crippen LogP contribution is -2.40. The van der Waals surface area contributed by atoms with Gasteiger partial charge in [0.1, 0.15) is 0 Å². The van der Waals surface area contributed by atoms with Gasteiger partial charge in [-0.25, -0.2) is 8.42 Å². The molecule has 0 unspecified atom stereocenters. The van der Waals surface area contributed by atoms with Gasteiger partial charge in [0.05, 0.1) is 30.1 Å². The normalized spacial score (nSPS) is 11.8. The summed E-state index contributed by atoms with van der Waals surface area (Å²) in [5.41, 5.74) is 0.818. The third kappa shape index (κ3) is 8.12. The van der Waals surface area contributed by atoms with Crippen LogP contribution in [0.25, 0.3) is 0 Å². The minimum Gasteiger partial charge on any atom is -0.345 e. The second kappa shape index (κ2) is 9.56. The number of sulfonamides is 1. The second-order valence-corrected chi connectivity index (χ2v) is 7.41. The van der Waals surface area contributed by atoms with Gasteiger partial charge in [-0.2, -0.15) is 11.8 Å². The van der Waals surface area contributed by atoms with E-state index >= 15 is 0 Å². The zero-order valence-corrected chi connectivity index (χ0v) is 14.4. The Morgan fingerprint density at radius 1 is 1.59 bits per heavy atom. The highest BCUT2D eigenvalue weighted by Crippen LogP contribution is 2.18. The van der Waals surface area contributed by atoms with Crippen molar-refractivity contribution in [3.63, 3.8) is 0 Å². The number of thioether (sulfide) groups is 1. The Hall–Kier alpha value is -1.43. The van der Waals surface area contributed by atoms with Gasteiger partial charge in [-0.05, 0) is 12.1 Å². The molecule has 1 heterocycles. The first kappa shape index (κ1) is 18.6. The van der Waals surface area contributed by atoms with E-state index in [4.69, 9.17) is 18.0 Å². The van der Waals surface area contributed by atoms with E-state index in [0.29, 0.717) is 23.1 Å². The number of rotatable bonds is 7. The van der Waals surface area contributed by atoms with Crippen molar-refractivity contribution in [1.82, 2.24) is 15.0 Å². The lowest BCUT2D eigenvalue weighted by molar-refractivity contribution is 0.597. The van der Waals surface area contributed by atoms with Gasteiger partial charge in [-0.3, -0.25) is 14.7 Å². The highest BCUT2D eigenvalue weighted by atomic mass is 35.5. The van der Waals surface area contributed by atoms with Crippen molar-refractivity contribution in [1.29, 1.82) is 0 Å². The van der Waals surface area contributed by atoms with Crippen LogP contribution in [0.2, 0.25) is 5.02 Å². The Balaban J connectivity index is 2.43. The first-order chi connectivity index (χ1) is 10.4. The first-order valence-corrected chi connectivity index (χ1v) is 9.71. The molecule has 0 amide bonds. The number of hydrogen-bond donors (Lipinski definition) is 2. The third-order valence-electron chi connectivity index (χ3n) is 2.22. The number of halogens is 1. The molecule has 0 atom stereocenters. The summed E-state index contributed by atoms with van der Waals surface area (Å²) in [6, 6.07) is 3.57. The maximum Gasteiger partial charge on any atom is 0.232 e. The van der Waals surface area contributed by atoms with Gasteiger partial charge in [0.25, 0.3) is 0 Å². The van der Waals surface area contributed by atoms with E-state index < -0.39 is 10.0 Å². The van der Waals surface area contributed by atoms with E-state index in [0.717, 1.165) is 11.9 Å². The molecule has 0 aliphatic carbocycles. The Bertz CT molecular complexity index is 656. The summed E-state index contributed by atoms with van der Waals surface area (Å²) in [5, 5.41) is 3.36. The molecular weight excluding hydrogens is 344 g/mol. The van der Waals surface area contributed by atoms with E-state index in [2.05, 4.69) is 25.9 Å². The van der Waals surface area contributed by atoms with Crippen LogP contribution in [0.3, 0.4) is 0 Å². The number of nitrogens with zero attached hydrogens (tertiary/aromatic N) is 2. The highest BCUT2D eigenvalue weighted by molar-refractivity contribution is 7.98. The molecule has 0 saturated carbocycles. The van der Waals surface area contributed by atoms with Gasteiger partial charge >= 0.3 is 0 Å². The van der Waals surface area contributed by atoms with Crippen LogP contribution in [-0.2, 0) is 15.8 Å². The molecule has 1 rings (SSSR count). The average Bonchev–Trinajstić information content (AvgIpc) is 2.44. The number of pyridine rings is 1. The summed E-state index contributed by atoms with van der Waals surface area (Å²) in [5.74, 6) is 3.87. The monoisotopic (exact) mass is 360 g/mol. The van der Waals surface area contributed by atoms with E-state index in [1.54, 1.807) is 30.1 Å². The number of nitrogens with one attached hydrogen (secondary N) is 2. The summed E-state index contributed by atoms with van der Waals surface area (Å²) in [4.78, 5) is 8.33. The quantitative estimate of drug-likeness (QED) is 0.329. The Labute approximate surface area is 140 Å². The number of guanidine groups is 1. The SMILES string of the molecule is C#CCNC(=NCCSCc1ncccc1Cl)NS(C)(=O)=O. The van der Waals surface area contributed by atoms with Crippen LogP contribution in [0.1, 0.15) is 5.69 Å². The van der Waals surface area contributed by atoms with E-state index in [9.17, 15) is 8.42 Å². The van der Waals surface area contributed by atoms with Crippen molar-refractivity contribution in [2.75, 3.05) is 25.1 Å². The summed E-state index contributed by atoms with van der Waals surface area (Å²) >= 11 is 7.61. The molecule has 6 nitrogen and oxygen atoms in total. The molecule has 0 fully saturated rings.